The fraction of sp³-hybridized carbons (Fsp3) is 0.333. The van der Waals surface area contributed by atoms with Crippen LogP contribution in [0.1, 0.15) is 11.6 Å². The number of aliphatic hydroxyl groups is 1. The number of rotatable bonds is 3. The maximum Gasteiger partial charge on any atom is 0.0627 e. The number of likely N-dealkylation sites (N-methyl/N-ethyl adjacent to an activating group) is 1. The molecule has 0 saturated carbocycles. The lowest BCUT2D eigenvalue weighted by atomic mass is 10.0. The Kier molecular flexibility index (Phi) is 3.11. The smallest absolute Gasteiger partial charge is 0.0627 e. The van der Waals surface area contributed by atoms with Crippen LogP contribution < -0.4 is 16.8 Å². The molecule has 1 rings (SSSR count). The molecule has 0 fully saturated rings. The van der Waals surface area contributed by atoms with E-state index in [1.165, 1.54) is 0 Å². The number of nitrogen functional groups attached to an aromatic ring is 2. The van der Waals surface area contributed by atoms with Crippen molar-refractivity contribution < 1.29 is 5.11 Å². The SMILES string of the molecule is CN[C@H](CO)c1cc(N)ccc1N. The van der Waals surface area contributed by atoms with E-state index >= 15 is 0 Å². The van der Waals surface area contributed by atoms with Crippen LogP contribution in [0.5, 0.6) is 0 Å². The maximum absolute atomic E-state index is 9.04. The van der Waals surface area contributed by atoms with Gasteiger partial charge in [-0.2, -0.15) is 0 Å². The minimum atomic E-state index is -0.150. The molecular formula is C9H15N3O. The number of nitrogens with two attached hydrogens (primary N) is 2. The summed E-state index contributed by atoms with van der Waals surface area (Å²) in [6.45, 7) is 0.00412. The van der Waals surface area contributed by atoms with Crippen LogP contribution in [-0.4, -0.2) is 18.8 Å². The molecule has 13 heavy (non-hydrogen) atoms. The Morgan fingerprint density at radius 1 is 1.46 bits per heavy atom. The van der Waals surface area contributed by atoms with Crippen LogP contribution >= 0.6 is 0 Å². The van der Waals surface area contributed by atoms with Gasteiger partial charge in [-0.3, -0.25) is 0 Å². The Balaban J connectivity index is 3.03. The topological polar surface area (TPSA) is 84.3 Å². The lowest BCUT2D eigenvalue weighted by molar-refractivity contribution is 0.251. The maximum atomic E-state index is 9.04. The van der Waals surface area contributed by atoms with Crippen molar-refractivity contribution in [3.8, 4) is 0 Å². The second-order valence-electron chi connectivity index (χ2n) is 2.91. The number of hydrogen-bond acceptors (Lipinski definition) is 4. The number of benzene rings is 1. The molecule has 0 bridgehead atoms. The van der Waals surface area contributed by atoms with Gasteiger partial charge < -0.3 is 21.9 Å². The highest BCUT2D eigenvalue weighted by Gasteiger charge is 2.10. The Morgan fingerprint density at radius 3 is 2.69 bits per heavy atom. The Morgan fingerprint density at radius 2 is 2.15 bits per heavy atom. The second-order valence-corrected chi connectivity index (χ2v) is 2.91. The van der Waals surface area contributed by atoms with Crippen molar-refractivity contribution in [2.45, 2.75) is 6.04 Å². The highest BCUT2D eigenvalue weighted by molar-refractivity contribution is 5.56. The summed E-state index contributed by atoms with van der Waals surface area (Å²) in [4.78, 5) is 0. The molecule has 0 aliphatic rings. The van der Waals surface area contributed by atoms with E-state index in [1.807, 2.05) is 0 Å². The third kappa shape index (κ3) is 2.11. The predicted octanol–water partition coefficient (Wildman–Crippen LogP) is 0.104. The normalized spacial score (nSPS) is 12.8. The van der Waals surface area contributed by atoms with Gasteiger partial charge in [-0.05, 0) is 30.8 Å². The molecule has 72 valence electrons. The Labute approximate surface area is 77.6 Å². The zero-order chi connectivity index (χ0) is 9.84. The van der Waals surface area contributed by atoms with E-state index in [-0.39, 0.29) is 12.6 Å². The van der Waals surface area contributed by atoms with Crippen molar-refractivity contribution in [1.29, 1.82) is 0 Å². The molecule has 1 atom stereocenters. The van der Waals surface area contributed by atoms with Crippen LogP contribution in [-0.2, 0) is 0 Å². The van der Waals surface area contributed by atoms with E-state index in [4.69, 9.17) is 16.6 Å². The van der Waals surface area contributed by atoms with Gasteiger partial charge in [-0.25, -0.2) is 0 Å². The zero-order valence-corrected chi connectivity index (χ0v) is 7.62. The molecule has 4 heteroatoms. The fourth-order valence-electron chi connectivity index (χ4n) is 1.24. The predicted molar refractivity (Wildman–Crippen MR) is 54.2 cm³/mol. The molecule has 0 radical (unpaired) electrons. The lowest BCUT2D eigenvalue weighted by Gasteiger charge is -2.16. The summed E-state index contributed by atoms with van der Waals surface area (Å²) in [7, 11) is 1.77. The minimum absolute atomic E-state index is 0.00412. The first kappa shape index (κ1) is 9.83. The van der Waals surface area contributed by atoms with Gasteiger partial charge in [-0.1, -0.05) is 0 Å². The lowest BCUT2D eigenvalue weighted by Crippen LogP contribution is -2.21. The summed E-state index contributed by atoms with van der Waals surface area (Å²) in [6, 6.07) is 5.10. The largest absolute Gasteiger partial charge is 0.399 e. The van der Waals surface area contributed by atoms with Crippen LogP contribution in [0, 0.1) is 0 Å². The van der Waals surface area contributed by atoms with Gasteiger partial charge in [0, 0.05) is 11.4 Å². The average Bonchev–Trinajstić information content (AvgIpc) is 2.13. The summed E-state index contributed by atoms with van der Waals surface area (Å²) in [5.74, 6) is 0. The number of anilines is 2. The second kappa shape index (κ2) is 4.11. The summed E-state index contributed by atoms with van der Waals surface area (Å²) in [5.41, 5.74) is 13.5. The highest BCUT2D eigenvalue weighted by atomic mass is 16.3. The van der Waals surface area contributed by atoms with E-state index in [2.05, 4.69) is 5.32 Å². The van der Waals surface area contributed by atoms with Gasteiger partial charge in [0.15, 0.2) is 0 Å². The van der Waals surface area contributed by atoms with Gasteiger partial charge in [0.05, 0.1) is 12.6 Å². The molecule has 6 N–H and O–H groups in total. The first-order valence-corrected chi connectivity index (χ1v) is 4.12. The van der Waals surface area contributed by atoms with Gasteiger partial charge in [0.2, 0.25) is 0 Å². The molecule has 0 spiro atoms. The third-order valence-corrected chi connectivity index (χ3v) is 2.02. The number of hydrogen-bond donors (Lipinski definition) is 4. The van der Waals surface area contributed by atoms with Crippen LogP contribution in [0.4, 0.5) is 11.4 Å². The standard InChI is InChI=1S/C9H15N3O/c1-12-9(5-13)7-4-6(10)2-3-8(7)11/h2-4,9,12-13H,5,10-11H2,1H3/t9-/m1/s1. The summed E-state index contributed by atoms with van der Waals surface area (Å²) in [5, 5.41) is 12.0. The average molecular weight is 181 g/mol. The van der Waals surface area contributed by atoms with Crippen molar-refractivity contribution in [1.82, 2.24) is 5.32 Å². The van der Waals surface area contributed by atoms with Gasteiger partial charge in [0.1, 0.15) is 0 Å². The molecule has 0 saturated heterocycles. The third-order valence-electron chi connectivity index (χ3n) is 2.02. The Bertz CT molecular complexity index is 284. The zero-order valence-electron chi connectivity index (χ0n) is 7.62. The van der Waals surface area contributed by atoms with Crippen LogP contribution in [0.25, 0.3) is 0 Å². The molecule has 1 aromatic carbocycles. The van der Waals surface area contributed by atoms with E-state index in [0.717, 1.165) is 5.56 Å². The molecule has 4 nitrogen and oxygen atoms in total. The van der Waals surface area contributed by atoms with Gasteiger partial charge >= 0.3 is 0 Å². The van der Waals surface area contributed by atoms with E-state index in [9.17, 15) is 0 Å². The van der Waals surface area contributed by atoms with Crippen molar-refractivity contribution >= 4 is 11.4 Å². The van der Waals surface area contributed by atoms with Crippen molar-refractivity contribution in [3.63, 3.8) is 0 Å². The summed E-state index contributed by atoms with van der Waals surface area (Å²) in [6.07, 6.45) is 0. The first-order chi connectivity index (χ1) is 6.19. The molecule has 0 heterocycles. The summed E-state index contributed by atoms with van der Waals surface area (Å²) < 4.78 is 0. The van der Waals surface area contributed by atoms with E-state index in [0.29, 0.717) is 11.4 Å². The van der Waals surface area contributed by atoms with Crippen molar-refractivity contribution in [2.24, 2.45) is 0 Å². The minimum Gasteiger partial charge on any atom is -0.399 e. The number of nitrogens with one attached hydrogen (secondary N) is 1. The molecule has 0 aliphatic heterocycles. The molecule has 0 amide bonds. The van der Waals surface area contributed by atoms with Crippen LogP contribution in [0.15, 0.2) is 18.2 Å². The quantitative estimate of drug-likeness (QED) is 0.498. The van der Waals surface area contributed by atoms with E-state index in [1.54, 1.807) is 25.2 Å². The van der Waals surface area contributed by atoms with Gasteiger partial charge in [0.25, 0.3) is 0 Å². The van der Waals surface area contributed by atoms with Crippen molar-refractivity contribution in [2.75, 3.05) is 25.1 Å². The first-order valence-electron chi connectivity index (χ1n) is 4.12. The molecule has 0 aliphatic carbocycles. The van der Waals surface area contributed by atoms with Crippen LogP contribution in [0.2, 0.25) is 0 Å². The molecular weight excluding hydrogens is 166 g/mol. The van der Waals surface area contributed by atoms with Crippen molar-refractivity contribution in [3.05, 3.63) is 23.8 Å². The Hall–Kier alpha value is -1.26. The highest BCUT2D eigenvalue weighted by Crippen LogP contribution is 2.22. The van der Waals surface area contributed by atoms with Crippen LogP contribution in [0.3, 0.4) is 0 Å². The number of aliphatic hydroxyl groups excluding tert-OH is 1. The fourth-order valence-corrected chi connectivity index (χ4v) is 1.24. The summed E-state index contributed by atoms with van der Waals surface area (Å²) >= 11 is 0. The van der Waals surface area contributed by atoms with Gasteiger partial charge in [-0.15, -0.1) is 0 Å². The van der Waals surface area contributed by atoms with E-state index < -0.39 is 0 Å². The molecule has 0 aromatic heterocycles. The molecule has 1 aromatic rings. The molecule has 0 unspecified atom stereocenters. The monoisotopic (exact) mass is 181 g/mol.